The number of hydrogen-bond donors (Lipinski definition) is 1. The van der Waals surface area contributed by atoms with Gasteiger partial charge in [-0.1, -0.05) is 18.2 Å². The molecule has 0 aliphatic carbocycles. The fourth-order valence-corrected chi connectivity index (χ4v) is 1.78. The molecule has 3 heteroatoms. The fourth-order valence-electron chi connectivity index (χ4n) is 1.78. The maximum atomic E-state index is 5.65. The normalized spacial score (nSPS) is 17.5. The number of nitrogens with zero attached hydrogens (tertiary/aromatic N) is 1. The number of hydrogen-bond acceptors (Lipinski definition) is 3. The van der Waals surface area contributed by atoms with E-state index >= 15 is 0 Å². The average Bonchev–Trinajstić information content (AvgIpc) is 2.30. The lowest BCUT2D eigenvalue weighted by molar-refractivity contribution is -0.122. The molecule has 15 heavy (non-hydrogen) atoms. The topological polar surface area (TPSA) is 38.5 Å². The minimum atomic E-state index is 0.814. The number of benzene rings is 1. The van der Waals surface area contributed by atoms with Gasteiger partial charge in [-0.05, 0) is 29.7 Å². The summed E-state index contributed by atoms with van der Waals surface area (Å²) in [6.07, 6.45) is 3.23. The van der Waals surface area contributed by atoms with Crippen LogP contribution in [0.25, 0.3) is 5.57 Å². The Morgan fingerprint density at radius 2 is 2.00 bits per heavy atom. The Hall–Kier alpha value is -1.32. The fraction of sp³-hybridized carbons (Fsp3) is 0.333. The first-order valence-electron chi connectivity index (χ1n) is 5.13. The van der Waals surface area contributed by atoms with Gasteiger partial charge in [0.05, 0.1) is 7.11 Å². The van der Waals surface area contributed by atoms with E-state index in [1.807, 2.05) is 17.2 Å². The Morgan fingerprint density at radius 3 is 2.53 bits per heavy atom. The van der Waals surface area contributed by atoms with Gasteiger partial charge in [0.1, 0.15) is 0 Å². The minimum Gasteiger partial charge on any atom is -0.399 e. The van der Waals surface area contributed by atoms with Gasteiger partial charge in [0, 0.05) is 18.8 Å². The van der Waals surface area contributed by atoms with Crippen LogP contribution in [0.2, 0.25) is 0 Å². The Labute approximate surface area is 90.1 Å². The number of hydroxylamine groups is 2. The molecule has 2 N–H and O–H groups in total. The molecule has 0 unspecified atom stereocenters. The zero-order chi connectivity index (χ0) is 10.7. The number of rotatable bonds is 2. The van der Waals surface area contributed by atoms with E-state index < -0.39 is 0 Å². The molecular weight excluding hydrogens is 188 g/mol. The lowest BCUT2D eigenvalue weighted by Crippen LogP contribution is -2.27. The van der Waals surface area contributed by atoms with E-state index in [2.05, 4.69) is 18.2 Å². The third-order valence-electron chi connectivity index (χ3n) is 2.71. The summed E-state index contributed by atoms with van der Waals surface area (Å²) in [6.45, 7) is 1.81. The third kappa shape index (κ3) is 2.37. The van der Waals surface area contributed by atoms with E-state index in [0.29, 0.717) is 0 Å². The molecule has 0 amide bonds. The van der Waals surface area contributed by atoms with Gasteiger partial charge in [-0.2, -0.15) is 5.06 Å². The summed E-state index contributed by atoms with van der Waals surface area (Å²) < 4.78 is 0. The molecule has 0 saturated heterocycles. The second-order valence-electron chi connectivity index (χ2n) is 3.67. The first-order chi connectivity index (χ1) is 7.29. The highest BCUT2D eigenvalue weighted by atomic mass is 16.7. The largest absolute Gasteiger partial charge is 0.399 e. The molecule has 0 bridgehead atoms. The Balaban J connectivity index is 2.12. The maximum Gasteiger partial charge on any atom is 0.0575 e. The SMILES string of the molecule is CON1CC=C(c2ccc(N)cc2)CC1. The van der Waals surface area contributed by atoms with Gasteiger partial charge in [0.25, 0.3) is 0 Å². The van der Waals surface area contributed by atoms with Crippen molar-refractivity contribution in [3.8, 4) is 0 Å². The van der Waals surface area contributed by atoms with Gasteiger partial charge in [-0.3, -0.25) is 0 Å². The summed E-state index contributed by atoms with van der Waals surface area (Å²) in [5.41, 5.74) is 9.11. The van der Waals surface area contributed by atoms with E-state index in [0.717, 1.165) is 25.2 Å². The molecule has 2 rings (SSSR count). The molecule has 1 aromatic rings. The van der Waals surface area contributed by atoms with Gasteiger partial charge < -0.3 is 10.6 Å². The van der Waals surface area contributed by atoms with Gasteiger partial charge in [-0.25, -0.2) is 0 Å². The van der Waals surface area contributed by atoms with Gasteiger partial charge >= 0.3 is 0 Å². The second-order valence-corrected chi connectivity index (χ2v) is 3.67. The first kappa shape index (κ1) is 10.2. The maximum absolute atomic E-state index is 5.65. The van der Waals surface area contributed by atoms with Crippen LogP contribution in [0.4, 0.5) is 5.69 Å². The molecular formula is C12H16N2O. The summed E-state index contributed by atoms with van der Waals surface area (Å²) in [7, 11) is 1.71. The van der Waals surface area contributed by atoms with Gasteiger partial charge in [0.2, 0.25) is 0 Å². The smallest absolute Gasteiger partial charge is 0.0575 e. The van der Waals surface area contributed by atoms with E-state index in [9.17, 15) is 0 Å². The van der Waals surface area contributed by atoms with Crippen molar-refractivity contribution in [2.75, 3.05) is 25.9 Å². The first-order valence-corrected chi connectivity index (χ1v) is 5.13. The molecule has 80 valence electrons. The monoisotopic (exact) mass is 204 g/mol. The highest BCUT2D eigenvalue weighted by Crippen LogP contribution is 2.22. The number of nitrogens with two attached hydrogens (primary N) is 1. The third-order valence-corrected chi connectivity index (χ3v) is 2.71. The molecule has 1 aromatic carbocycles. The summed E-state index contributed by atoms with van der Waals surface area (Å²) in [6, 6.07) is 8.03. The van der Waals surface area contributed by atoms with E-state index in [1.165, 1.54) is 11.1 Å². The zero-order valence-electron chi connectivity index (χ0n) is 8.94. The summed E-state index contributed by atoms with van der Waals surface area (Å²) in [5, 5.41) is 1.95. The minimum absolute atomic E-state index is 0.814. The molecule has 0 radical (unpaired) electrons. The van der Waals surface area contributed by atoms with Crippen molar-refractivity contribution in [1.29, 1.82) is 0 Å². The van der Waals surface area contributed by atoms with Crippen LogP contribution in [-0.2, 0) is 4.84 Å². The molecule has 1 aliphatic heterocycles. The van der Waals surface area contributed by atoms with Crippen LogP contribution >= 0.6 is 0 Å². The number of anilines is 1. The van der Waals surface area contributed by atoms with Crippen molar-refractivity contribution in [1.82, 2.24) is 5.06 Å². The highest BCUT2D eigenvalue weighted by Gasteiger charge is 2.11. The molecule has 0 fully saturated rings. The molecule has 3 nitrogen and oxygen atoms in total. The molecule has 0 spiro atoms. The van der Waals surface area contributed by atoms with Crippen LogP contribution in [-0.4, -0.2) is 25.3 Å². The van der Waals surface area contributed by atoms with Crippen LogP contribution in [0, 0.1) is 0 Å². The Kier molecular flexibility index (Phi) is 3.04. The van der Waals surface area contributed by atoms with Crippen LogP contribution in [0.15, 0.2) is 30.3 Å². The van der Waals surface area contributed by atoms with Crippen molar-refractivity contribution >= 4 is 11.3 Å². The predicted octanol–water partition coefficient (Wildman–Crippen LogP) is 1.92. The van der Waals surface area contributed by atoms with Gasteiger partial charge in [0.15, 0.2) is 0 Å². The van der Waals surface area contributed by atoms with Crippen molar-refractivity contribution in [3.63, 3.8) is 0 Å². The van der Waals surface area contributed by atoms with Crippen molar-refractivity contribution in [2.45, 2.75) is 6.42 Å². The number of nitrogen functional groups attached to an aromatic ring is 1. The zero-order valence-corrected chi connectivity index (χ0v) is 8.94. The molecule has 0 aromatic heterocycles. The van der Waals surface area contributed by atoms with Crippen molar-refractivity contribution in [3.05, 3.63) is 35.9 Å². The van der Waals surface area contributed by atoms with Crippen molar-refractivity contribution in [2.24, 2.45) is 0 Å². The quantitative estimate of drug-likeness (QED) is 0.748. The van der Waals surface area contributed by atoms with E-state index in [4.69, 9.17) is 10.6 Å². The lowest BCUT2D eigenvalue weighted by atomic mass is 10.00. The lowest BCUT2D eigenvalue weighted by Gasteiger charge is -2.23. The highest BCUT2D eigenvalue weighted by molar-refractivity contribution is 5.67. The standard InChI is InChI=1S/C12H16N2O/c1-15-14-8-6-11(7-9-14)10-2-4-12(13)5-3-10/h2-6H,7-9,13H2,1H3. The van der Waals surface area contributed by atoms with Crippen LogP contribution in [0.3, 0.4) is 0 Å². The van der Waals surface area contributed by atoms with E-state index in [-0.39, 0.29) is 0 Å². The predicted molar refractivity (Wildman–Crippen MR) is 62.0 cm³/mol. The molecule has 0 saturated carbocycles. The Bertz CT molecular complexity index is 356. The Morgan fingerprint density at radius 1 is 1.27 bits per heavy atom. The van der Waals surface area contributed by atoms with Crippen LogP contribution < -0.4 is 5.73 Å². The van der Waals surface area contributed by atoms with E-state index in [1.54, 1.807) is 7.11 Å². The van der Waals surface area contributed by atoms with Crippen LogP contribution in [0.1, 0.15) is 12.0 Å². The second kappa shape index (κ2) is 4.47. The van der Waals surface area contributed by atoms with Crippen molar-refractivity contribution < 1.29 is 4.84 Å². The molecule has 0 atom stereocenters. The van der Waals surface area contributed by atoms with Crippen LogP contribution in [0.5, 0.6) is 0 Å². The van der Waals surface area contributed by atoms with Gasteiger partial charge in [-0.15, -0.1) is 0 Å². The average molecular weight is 204 g/mol. The summed E-state index contributed by atoms with van der Waals surface area (Å²) in [4.78, 5) is 5.16. The summed E-state index contributed by atoms with van der Waals surface area (Å²) >= 11 is 0. The molecule has 1 heterocycles. The molecule has 1 aliphatic rings. The summed E-state index contributed by atoms with van der Waals surface area (Å²) in [5.74, 6) is 0.